The van der Waals surface area contributed by atoms with Gasteiger partial charge in [-0.3, -0.25) is 0 Å². The van der Waals surface area contributed by atoms with Gasteiger partial charge in [-0.25, -0.2) is 0 Å². The molecule has 0 heterocycles. The van der Waals surface area contributed by atoms with Gasteiger partial charge in [-0.15, -0.1) is 6.58 Å². The van der Waals surface area contributed by atoms with Crippen molar-refractivity contribution in [3.05, 3.63) is 65.2 Å². The van der Waals surface area contributed by atoms with Crippen LogP contribution in [0.3, 0.4) is 0 Å². The van der Waals surface area contributed by atoms with Gasteiger partial charge in [-0.05, 0) is 37.1 Å². The molecular formula is C20H22ClNO4. The third kappa shape index (κ3) is 5.43. The van der Waals surface area contributed by atoms with Crippen LogP contribution in [0.2, 0.25) is 5.02 Å². The molecule has 0 bridgehead atoms. The molecule has 138 valence electrons. The molecular weight excluding hydrogens is 354 g/mol. The van der Waals surface area contributed by atoms with E-state index in [2.05, 4.69) is 11.7 Å². The van der Waals surface area contributed by atoms with Gasteiger partial charge >= 0.3 is 0 Å². The van der Waals surface area contributed by atoms with Crippen LogP contribution >= 0.6 is 11.6 Å². The fourth-order valence-corrected chi connectivity index (χ4v) is 2.67. The number of para-hydroxylation sites is 1. The van der Waals surface area contributed by atoms with Crippen LogP contribution < -0.4 is 14.2 Å². The monoisotopic (exact) mass is 375 g/mol. The second kappa shape index (κ2) is 10.4. The van der Waals surface area contributed by atoms with E-state index in [0.717, 1.165) is 17.7 Å². The van der Waals surface area contributed by atoms with Gasteiger partial charge in [0.25, 0.3) is 0 Å². The molecule has 0 aliphatic rings. The minimum absolute atomic E-state index is 0.301. The highest BCUT2D eigenvalue weighted by Gasteiger charge is 2.12. The van der Waals surface area contributed by atoms with E-state index in [1.165, 1.54) is 6.21 Å². The first-order chi connectivity index (χ1) is 12.7. The van der Waals surface area contributed by atoms with Crippen LogP contribution in [-0.4, -0.2) is 31.2 Å². The van der Waals surface area contributed by atoms with Crippen LogP contribution in [0.5, 0.6) is 17.2 Å². The van der Waals surface area contributed by atoms with E-state index in [-0.39, 0.29) is 0 Å². The van der Waals surface area contributed by atoms with Crippen LogP contribution in [0.15, 0.2) is 54.2 Å². The molecule has 0 unspecified atom stereocenters. The number of hydrogen-bond acceptors (Lipinski definition) is 5. The van der Waals surface area contributed by atoms with Crippen molar-refractivity contribution in [1.29, 1.82) is 0 Å². The Labute approximate surface area is 158 Å². The largest absolute Gasteiger partial charge is 0.490 e. The zero-order chi connectivity index (χ0) is 18.8. The molecule has 0 aliphatic carbocycles. The lowest BCUT2D eigenvalue weighted by molar-refractivity contribution is 0.207. The van der Waals surface area contributed by atoms with E-state index in [4.69, 9.17) is 31.0 Å². The molecule has 0 atom stereocenters. The SMILES string of the molecule is C=CCc1ccccc1OCCOc1c(Cl)cc(C=NO)cc1OCC. The minimum atomic E-state index is 0.301. The van der Waals surface area contributed by atoms with Crippen LogP contribution in [0.1, 0.15) is 18.1 Å². The Hall–Kier alpha value is -2.66. The summed E-state index contributed by atoms with van der Waals surface area (Å²) in [4.78, 5) is 0. The Bertz CT molecular complexity index is 761. The highest BCUT2D eigenvalue weighted by Crippen LogP contribution is 2.36. The van der Waals surface area contributed by atoms with Crippen LogP contribution in [0.4, 0.5) is 0 Å². The second-order valence-corrected chi connectivity index (χ2v) is 5.71. The minimum Gasteiger partial charge on any atom is -0.490 e. The van der Waals surface area contributed by atoms with Gasteiger partial charge in [-0.2, -0.15) is 0 Å². The molecule has 0 aromatic heterocycles. The van der Waals surface area contributed by atoms with E-state index in [9.17, 15) is 0 Å². The fraction of sp³-hybridized carbons (Fsp3) is 0.250. The zero-order valence-corrected chi connectivity index (χ0v) is 15.4. The maximum atomic E-state index is 8.67. The molecule has 6 heteroatoms. The third-order valence-electron chi connectivity index (χ3n) is 3.46. The highest BCUT2D eigenvalue weighted by atomic mass is 35.5. The first-order valence-electron chi connectivity index (χ1n) is 8.27. The maximum Gasteiger partial charge on any atom is 0.179 e. The predicted molar refractivity (Wildman–Crippen MR) is 103 cm³/mol. The first kappa shape index (κ1) is 19.7. The van der Waals surface area contributed by atoms with Gasteiger partial charge in [0.05, 0.1) is 17.8 Å². The number of benzene rings is 2. The summed E-state index contributed by atoms with van der Waals surface area (Å²) in [6, 6.07) is 11.1. The second-order valence-electron chi connectivity index (χ2n) is 5.31. The van der Waals surface area contributed by atoms with Crippen LogP contribution in [-0.2, 0) is 6.42 Å². The molecule has 2 aromatic carbocycles. The van der Waals surface area contributed by atoms with Crippen LogP contribution in [0, 0.1) is 0 Å². The molecule has 0 saturated heterocycles. The van der Waals surface area contributed by atoms with Gasteiger partial charge in [0.1, 0.15) is 19.0 Å². The van der Waals surface area contributed by atoms with E-state index in [1.807, 2.05) is 37.3 Å². The van der Waals surface area contributed by atoms with Crippen molar-refractivity contribution < 1.29 is 19.4 Å². The summed E-state index contributed by atoms with van der Waals surface area (Å²) in [5.41, 5.74) is 1.69. The quantitative estimate of drug-likeness (QED) is 0.214. The van der Waals surface area contributed by atoms with E-state index in [1.54, 1.807) is 12.1 Å². The summed E-state index contributed by atoms with van der Waals surface area (Å²) in [6.07, 6.45) is 3.85. The molecule has 0 spiro atoms. The Kier molecular flexibility index (Phi) is 7.83. The Morgan fingerprint density at radius 3 is 2.62 bits per heavy atom. The van der Waals surface area contributed by atoms with E-state index >= 15 is 0 Å². The molecule has 5 nitrogen and oxygen atoms in total. The van der Waals surface area contributed by atoms with Crippen molar-refractivity contribution in [2.24, 2.45) is 5.16 Å². The number of hydrogen-bond donors (Lipinski definition) is 1. The van der Waals surface area contributed by atoms with Gasteiger partial charge in [0.15, 0.2) is 11.5 Å². The van der Waals surface area contributed by atoms with Crippen molar-refractivity contribution in [3.63, 3.8) is 0 Å². The van der Waals surface area contributed by atoms with Gasteiger partial charge in [-0.1, -0.05) is 41.0 Å². The summed E-state index contributed by atoms with van der Waals surface area (Å²) in [5, 5.41) is 12.1. The Morgan fingerprint density at radius 1 is 1.12 bits per heavy atom. The van der Waals surface area contributed by atoms with E-state index in [0.29, 0.717) is 41.9 Å². The summed E-state index contributed by atoms with van der Waals surface area (Å²) >= 11 is 6.27. The van der Waals surface area contributed by atoms with Crippen molar-refractivity contribution in [2.45, 2.75) is 13.3 Å². The number of allylic oxidation sites excluding steroid dienone is 1. The number of oxime groups is 1. The standard InChI is InChI=1S/C20H22ClNO4/c1-3-7-16-8-5-6-9-18(16)25-10-11-26-20-17(21)12-15(14-22-23)13-19(20)24-4-2/h3,5-6,8-9,12-14,23H,1,4,7,10-11H2,2H3. The lowest BCUT2D eigenvalue weighted by Gasteiger charge is -2.15. The lowest BCUT2D eigenvalue weighted by Crippen LogP contribution is -2.11. The molecule has 0 radical (unpaired) electrons. The van der Waals surface area contributed by atoms with E-state index < -0.39 is 0 Å². The van der Waals surface area contributed by atoms with Gasteiger partial charge < -0.3 is 19.4 Å². The van der Waals surface area contributed by atoms with Gasteiger partial charge in [0.2, 0.25) is 0 Å². The Morgan fingerprint density at radius 2 is 1.88 bits per heavy atom. The number of nitrogens with zero attached hydrogens (tertiary/aromatic N) is 1. The summed E-state index contributed by atoms with van der Waals surface area (Å²) in [7, 11) is 0. The Balaban J connectivity index is 2.02. The molecule has 2 aromatic rings. The molecule has 0 saturated carbocycles. The lowest BCUT2D eigenvalue weighted by atomic mass is 10.1. The number of rotatable bonds is 10. The molecule has 0 amide bonds. The van der Waals surface area contributed by atoms with Gasteiger partial charge in [0, 0.05) is 5.56 Å². The zero-order valence-electron chi connectivity index (χ0n) is 14.7. The molecule has 1 N–H and O–H groups in total. The van der Waals surface area contributed by atoms with Crippen molar-refractivity contribution in [1.82, 2.24) is 0 Å². The molecule has 2 rings (SSSR count). The topological polar surface area (TPSA) is 60.3 Å². The first-order valence-corrected chi connectivity index (χ1v) is 8.65. The maximum absolute atomic E-state index is 8.67. The number of ether oxygens (including phenoxy) is 3. The van der Waals surface area contributed by atoms with Crippen molar-refractivity contribution in [2.75, 3.05) is 19.8 Å². The summed E-state index contributed by atoms with van der Waals surface area (Å²) < 4.78 is 17.1. The summed E-state index contributed by atoms with van der Waals surface area (Å²) in [6.45, 7) is 6.74. The number of halogens is 1. The molecule has 0 fully saturated rings. The average Bonchev–Trinajstić information content (AvgIpc) is 2.62. The average molecular weight is 376 g/mol. The van der Waals surface area contributed by atoms with Crippen molar-refractivity contribution >= 4 is 17.8 Å². The fourth-order valence-electron chi connectivity index (χ4n) is 2.40. The molecule has 26 heavy (non-hydrogen) atoms. The predicted octanol–water partition coefficient (Wildman–Crippen LogP) is 4.73. The highest BCUT2D eigenvalue weighted by molar-refractivity contribution is 6.32. The smallest absolute Gasteiger partial charge is 0.179 e. The van der Waals surface area contributed by atoms with Crippen molar-refractivity contribution in [3.8, 4) is 17.2 Å². The molecule has 0 aliphatic heterocycles. The summed E-state index contributed by atoms with van der Waals surface area (Å²) in [5.74, 6) is 1.73. The normalized spacial score (nSPS) is 10.7. The third-order valence-corrected chi connectivity index (χ3v) is 3.74. The van der Waals surface area contributed by atoms with Crippen LogP contribution in [0.25, 0.3) is 0 Å².